The maximum Gasteiger partial charge on any atom is 0.340 e. The van der Waals surface area contributed by atoms with Crippen LogP contribution in [0.2, 0.25) is 0 Å². The van der Waals surface area contributed by atoms with E-state index in [9.17, 15) is 33.8 Å². The van der Waals surface area contributed by atoms with Gasteiger partial charge in [0.15, 0.2) is 5.60 Å². The molecule has 0 bridgehead atoms. The molecule has 9 rings (SSSR count). The van der Waals surface area contributed by atoms with Crippen molar-refractivity contribution in [1.29, 1.82) is 0 Å². The van der Waals surface area contributed by atoms with E-state index in [4.69, 9.17) is 30.3 Å². The molecule has 3 aliphatic rings. The molecule has 3 N–H and O–H groups in total. The Kier molecular flexibility index (Phi) is 12.8. The van der Waals surface area contributed by atoms with Crippen LogP contribution < -0.4 is 20.5 Å². The average Bonchev–Trinajstić information content (AvgIpc) is 3.62. The highest BCUT2D eigenvalue weighted by atomic mass is 19.1. The second kappa shape index (κ2) is 19.0. The summed E-state index contributed by atoms with van der Waals surface area (Å²) < 4.78 is 44.7. The highest BCUT2D eigenvalue weighted by molar-refractivity contribution is 6.01. The lowest BCUT2D eigenvalue weighted by atomic mass is 9.77. The molecule has 1 saturated heterocycles. The number of phenols is 2. The van der Waals surface area contributed by atoms with Gasteiger partial charge in [-0.25, -0.2) is 14.0 Å². The lowest BCUT2D eigenvalue weighted by Gasteiger charge is -2.47. The summed E-state index contributed by atoms with van der Waals surface area (Å²) in [7, 11) is 1.66. The lowest BCUT2D eigenvalue weighted by molar-refractivity contribution is -0.153. The van der Waals surface area contributed by atoms with Crippen molar-refractivity contribution in [2.75, 3.05) is 57.6 Å². The van der Waals surface area contributed by atoms with Crippen molar-refractivity contribution in [2.24, 2.45) is 7.05 Å². The smallest absolute Gasteiger partial charge is 0.340 e. The van der Waals surface area contributed by atoms with Gasteiger partial charge in [0.1, 0.15) is 41.5 Å². The number of nitrogens with one attached hydrogen (secondary N) is 1. The molecule has 1 unspecified atom stereocenters. The molecule has 3 aliphatic heterocycles. The van der Waals surface area contributed by atoms with Crippen LogP contribution in [0, 0.1) is 12.4 Å². The maximum absolute atomic E-state index is 14.1. The largest absolute Gasteiger partial charge is 0.508 e. The number of esters is 2. The van der Waals surface area contributed by atoms with Crippen molar-refractivity contribution in [3.05, 3.63) is 158 Å². The maximum atomic E-state index is 14.1. The molecular weight excluding hydrogens is 892 g/mol. The van der Waals surface area contributed by atoms with Crippen molar-refractivity contribution in [1.82, 2.24) is 19.8 Å². The van der Waals surface area contributed by atoms with Crippen LogP contribution >= 0.6 is 0 Å². The van der Waals surface area contributed by atoms with Gasteiger partial charge >= 0.3 is 11.9 Å². The third-order valence-corrected chi connectivity index (χ3v) is 12.7. The molecule has 6 aromatic rings. The highest BCUT2D eigenvalue weighted by Gasteiger charge is 2.54. The number of pyridine rings is 2. The van der Waals surface area contributed by atoms with Crippen molar-refractivity contribution in [2.45, 2.75) is 37.6 Å². The molecule has 18 heteroatoms. The summed E-state index contributed by atoms with van der Waals surface area (Å²) in [6.45, 7) is 12.9. The number of rotatable bonds is 14. The molecular formula is C51H47FN6O11. The molecule has 2 aromatic heterocycles. The van der Waals surface area contributed by atoms with Crippen molar-refractivity contribution < 1.29 is 52.7 Å². The molecule has 0 radical (unpaired) electrons. The van der Waals surface area contributed by atoms with Crippen LogP contribution in [0.25, 0.3) is 15.9 Å². The first-order chi connectivity index (χ1) is 33.3. The van der Waals surface area contributed by atoms with E-state index in [1.807, 2.05) is 18.7 Å². The predicted octanol–water partition coefficient (Wildman–Crippen LogP) is 6.25. The third-order valence-electron chi connectivity index (χ3n) is 12.7. The molecule has 354 valence electrons. The van der Waals surface area contributed by atoms with Gasteiger partial charge in [-0.3, -0.25) is 14.5 Å². The van der Waals surface area contributed by atoms with E-state index < -0.39 is 35.3 Å². The van der Waals surface area contributed by atoms with E-state index in [0.29, 0.717) is 52.1 Å². The molecule has 0 aliphatic carbocycles. The number of amides is 1. The number of hydrogen-bond donors (Lipinski definition) is 3. The fourth-order valence-corrected chi connectivity index (χ4v) is 9.33. The number of nitrogens with zero attached hydrogens (tertiary/aromatic N) is 5. The minimum Gasteiger partial charge on any atom is -0.508 e. The predicted molar refractivity (Wildman–Crippen MR) is 248 cm³/mol. The molecule has 4 aromatic carbocycles. The van der Waals surface area contributed by atoms with Gasteiger partial charge in [-0.2, -0.15) is 0 Å². The quantitative estimate of drug-likeness (QED) is 0.0630. The van der Waals surface area contributed by atoms with E-state index in [2.05, 4.69) is 20.0 Å². The van der Waals surface area contributed by atoms with Crippen LogP contribution in [0.3, 0.4) is 0 Å². The molecule has 1 amide bonds. The first-order valence-corrected chi connectivity index (χ1v) is 22.3. The molecule has 17 nitrogen and oxygen atoms in total. The SMILES string of the molecule is [C-]#[N+]c1ccc2c(n1)c(N1C[C@@H](C)N(C(C(=O)OCCOCCOCCNC(=O)c3ccc4c(c3)C(=O)OC43c4ccc(O)cc4Oc4cc(O)ccc43)c3ccc(F)cc3)C[C@@H]1C)cc(=O)n2C. The van der Waals surface area contributed by atoms with Crippen LogP contribution in [-0.4, -0.2) is 107 Å². The van der Waals surface area contributed by atoms with E-state index in [-0.39, 0.29) is 97.2 Å². The first-order valence-electron chi connectivity index (χ1n) is 22.3. The summed E-state index contributed by atoms with van der Waals surface area (Å²) in [5.74, 6) is -1.49. The van der Waals surface area contributed by atoms with Gasteiger partial charge in [-0.1, -0.05) is 24.8 Å². The number of phenolic OH excluding ortho intramolecular Hbond substituents is 2. The fourth-order valence-electron chi connectivity index (χ4n) is 9.33. The Bertz CT molecular complexity index is 3050. The van der Waals surface area contributed by atoms with Crippen LogP contribution in [0.15, 0.2) is 102 Å². The molecule has 1 spiro atoms. The fraction of sp³-hybridized carbons (Fsp3) is 0.294. The standard InChI is InChI=1S/C51H47FN6O11/c1-29-28-58(30(2)27-57(29)41-26-45(61)56(4)40-15-16-44(53-3)55-46(40)41)47(31-5-8-33(52)9-6-31)50(64)67-22-21-66-20-19-65-18-17-54-48(62)32-7-12-37-36(23-32)49(63)69-51(37)38-13-10-34(59)24-42(38)68-43-25-35(60)11-14-39(43)51/h5-16,23-26,29-30,47,59-60H,17-22,27-28H2,1-2,4H3,(H,54,62)/t29-,30+,47?/m0/s1. The number of hydrogen-bond acceptors (Lipinski definition) is 14. The summed E-state index contributed by atoms with van der Waals surface area (Å²) in [5.41, 5.74) is 2.44. The van der Waals surface area contributed by atoms with Gasteiger partial charge in [-0.15, -0.1) is 4.98 Å². The topological polar surface area (TPSA) is 196 Å². The highest BCUT2D eigenvalue weighted by Crippen LogP contribution is 2.57. The van der Waals surface area contributed by atoms with Crippen molar-refractivity contribution in [3.63, 3.8) is 0 Å². The van der Waals surface area contributed by atoms with Gasteiger partial charge in [0, 0.05) is 79.2 Å². The molecule has 5 heterocycles. The average molecular weight is 939 g/mol. The minimum atomic E-state index is -1.44. The summed E-state index contributed by atoms with van der Waals surface area (Å²) in [5, 5.41) is 23.1. The Morgan fingerprint density at radius 3 is 2.22 bits per heavy atom. The normalized spacial score (nSPS) is 17.3. The van der Waals surface area contributed by atoms with Crippen LogP contribution in [-0.2, 0) is 36.4 Å². The zero-order valence-electron chi connectivity index (χ0n) is 37.8. The second-order valence-corrected chi connectivity index (χ2v) is 17.0. The molecule has 69 heavy (non-hydrogen) atoms. The summed E-state index contributed by atoms with van der Waals surface area (Å²) >= 11 is 0. The van der Waals surface area contributed by atoms with E-state index in [1.54, 1.807) is 55.6 Å². The summed E-state index contributed by atoms with van der Waals surface area (Å²) in [4.78, 5) is 65.6. The Morgan fingerprint density at radius 2 is 1.52 bits per heavy atom. The number of aromatic nitrogens is 2. The third kappa shape index (κ3) is 8.79. The summed E-state index contributed by atoms with van der Waals surface area (Å²) in [6.07, 6.45) is 0. The lowest BCUT2D eigenvalue weighted by Crippen LogP contribution is -2.58. The van der Waals surface area contributed by atoms with Crippen LogP contribution in [0.4, 0.5) is 15.9 Å². The number of fused-ring (bicyclic) bond motifs is 7. The Labute approximate surface area is 395 Å². The monoisotopic (exact) mass is 938 g/mol. The van der Waals surface area contributed by atoms with Gasteiger partial charge < -0.3 is 53.5 Å². The first kappa shape index (κ1) is 46.3. The Morgan fingerprint density at radius 1 is 0.855 bits per heavy atom. The number of aromatic hydroxyl groups is 2. The number of ether oxygens (including phenoxy) is 5. The number of carbonyl (C=O) groups is 3. The Hall–Kier alpha value is -7.85. The van der Waals surface area contributed by atoms with Gasteiger partial charge in [0.05, 0.1) is 43.2 Å². The molecule has 1 fully saturated rings. The van der Waals surface area contributed by atoms with Gasteiger partial charge in [0.25, 0.3) is 17.3 Å². The Balaban J connectivity index is 0.755. The number of anilines is 1. The van der Waals surface area contributed by atoms with Crippen LogP contribution in [0.1, 0.15) is 62.9 Å². The van der Waals surface area contributed by atoms with Crippen molar-refractivity contribution in [3.8, 4) is 23.0 Å². The van der Waals surface area contributed by atoms with Crippen LogP contribution in [0.5, 0.6) is 23.0 Å². The minimum absolute atomic E-state index is 0.0553. The van der Waals surface area contributed by atoms with Crippen molar-refractivity contribution >= 4 is 40.4 Å². The molecule has 3 atom stereocenters. The zero-order valence-corrected chi connectivity index (χ0v) is 37.8. The second-order valence-electron chi connectivity index (χ2n) is 17.0. The van der Waals surface area contributed by atoms with E-state index >= 15 is 0 Å². The van der Waals surface area contributed by atoms with Gasteiger partial charge in [-0.05, 0) is 80.1 Å². The zero-order chi connectivity index (χ0) is 48.6. The van der Waals surface area contributed by atoms with E-state index in [1.165, 1.54) is 53.1 Å². The van der Waals surface area contributed by atoms with Gasteiger partial charge in [0.2, 0.25) is 5.52 Å². The number of piperazine rings is 1. The summed E-state index contributed by atoms with van der Waals surface area (Å²) in [6, 6.07) is 22.9. The van der Waals surface area contributed by atoms with E-state index in [0.717, 1.165) is 0 Å². The number of benzene rings is 4. The number of aryl methyl sites for hydroxylation is 1. The number of carbonyl (C=O) groups excluding carboxylic acids is 3. The molecule has 0 saturated carbocycles. The number of halogens is 1.